The maximum absolute atomic E-state index is 13.7. The second kappa shape index (κ2) is 6.57. The lowest BCUT2D eigenvalue weighted by Gasteiger charge is -2.08. The van der Waals surface area contributed by atoms with Gasteiger partial charge >= 0.3 is 0 Å². The molecule has 0 atom stereocenters. The monoisotopic (exact) mass is 325 g/mol. The van der Waals surface area contributed by atoms with Crippen LogP contribution in [0.4, 0.5) is 10.1 Å². The molecule has 0 unspecified atom stereocenters. The van der Waals surface area contributed by atoms with Crippen molar-refractivity contribution in [3.8, 4) is 11.4 Å². The fourth-order valence-electron chi connectivity index (χ4n) is 2.33. The van der Waals surface area contributed by atoms with Crippen LogP contribution in [0.15, 0.2) is 42.5 Å². The number of amides is 1. The molecule has 0 aliphatic carbocycles. The van der Waals surface area contributed by atoms with E-state index in [9.17, 15) is 9.18 Å². The Morgan fingerprint density at radius 3 is 2.75 bits per heavy atom. The topological polar surface area (TPSA) is 72.7 Å². The highest BCUT2D eigenvalue weighted by Gasteiger charge is 2.12. The van der Waals surface area contributed by atoms with Gasteiger partial charge in [-0.25, -0.2) is 4.39 Å². The van der Waals surface area contributed by atoms with Crippen LogP contribution in [0, 0.1) is 19.7 Å². The van der Waals surface area contributed by atoms with Crippen LogP contribution in [0.25, 0.3) is 11.4 Å². The lowest BCUT2D eigenvalue weighted by molar-refractivity contribution is -0.117. The van der Waals surface area contributed by atoms with Crippen LogP contribution in [0.3, 0.4) is 0 Å². The van der Waals surface area contributed by atoms with E-state index in [-0.39, 0.29) is 23.8 Å². The standard InChI is InChI=1S/C17H16FN5O/c1-11-7-8-15(12(2)9-11)19-16(24)10-23-21-17(20-22-23)13-5-3-4-6-14(13)18/h3-9H,10H2,1-2H3,(H,19,24). The molecule has 6 nitrogen and oxygen atoms in total. The Labute approximate surface area is 138 Å². The highest BCUT2D eigenvalue weighted by atomic mass is 19.1. The van der Waals surface area contributed by atoms with Gasteiger partial charge in [0.2, 0.25) is 11.7 Å². The Kier molecular flexibility index (Phi) is 4.33. The minimum absolute atomic E-state index is 0.102. The number of rotatable bonds is 4. The molecule has 0 radical (unpaired) electrons. The Bertz CT molecular complexity index is 890. The van der Waals surface area contributed by atoms with Gasteiger partial charge in [0, 0.05) is 5.69 Å². The summed E-state index contributed by atoms with van der Waals surface area (Å²) >= 11 is 0. The zero-order valence-corrected chi connectivity index (χ0v) is 13.3. The highest BCUT2D eigenvalue weighted by molar-refractivity contribution is 5.91. The first-order chi connectivity index (χ1) is 11.5. The van der Waals surface area contributed by atoms with Gasteiger partial charge in [0.25, 0.3) is 0 Å². The summed E-state index contributed by atoms with van der Waals surface area (Å²) in [5.41, 5.74) is 3.08. The summed E-state index contributed by atoms with van der Waals surface area (Å²) in [6.45, 7) is 3.81. The molecule has 2 aromatic carbocycles. The van der Waals surface area contributed by atoms with E-state index in [2.05, 4.69) is 20.7 Å². The van der Waals surface area contributed by atoms with Crippen LogP contribution < -0.4 is 5.32 Å². The van der Waals surface area contributed by atoms with Gasteiger partial charge < -0.3 is 5.32 Å². The molecule has 0 aliphatic heterocycles. The first-order valence-corrected chi connectivity index (χ1v) is 7.43. The van der Waals surface area contributed by atoms with Crippen molar-refractivity contribution >= 4 is 11.6 Å². The molecule has 0 saturated heterocycles. The first-order valence-electron chi connectivity index (χ1n) is 7.43. The quantitative estimate of drug-likeness (QED) is 0.800. The summed E-state index contributed by atoms with van der Waals surface area (Å²) in [7, 11) is 0. The Hall–Kier alpha value is -3.09. The van der Waals surface area contributed by atoms with Crippen molar-refractivity contribution in [3.05, 3.63) is 59.4 Å². The molecule has 0 fully saturated rings. The van der Waals surface area contributed by atoms with Gasteiger partial charge in [-0.3, -0.25) is 4.79 Å². The number of nitrogens with zero attached hydrogens (tertiary/aromatic N) is 4. The average molecular weight is 325 g/mol. The second-order valence-electron chi connectivity index (χ2n) is 5.49. The van der Waals surface area contributed by atoms with E-state index in [0.29, 0.717) is 0 Å². The molecule has 7 heteroatoms. The van der Waals surface area contributed by atoms with Gasteiger partial charge in [-0.1, -0.05) is 29.8 Å². The van der Waals surface area contributed by atoms with E-state index in [1.165, 1.54) is 6.07 Å². The second-order valence-corrected chi connectivity index (χ2v) is 5.49. The van der Waals surface area contributed by atoms with Crippen molar-refractivity contribution in [1.29, 1.82) is 0 Å². The summed E-state index contributed by atoms with van der Waals surface area (Å²) in [6, 6.07) is 11.9. The molecule has 3 aromatic rings. The molecular weight excluding hydrogens is 309 g/mol. The van der Waals surface area contributed by atoms with Gasteiger partial charge in [-0.05, 0) is 42.8 Å². The number of carbonyl (C=O) groups excluding carboxylic acids is 1. The Morgan fingerprint density at radius 2 is 2.00 bits per heavy atom. The number of anilines is 1. The number of carbonyl (C=O) groups is 1. The Balaban J connectivity index is 1.70. The number of nitrogens with one attached hydrogen (secondary N) is 1. The molecule has 1 heterocycles. The number of benzene rings is 2. The minimum Gasteiger partial charge on any atom is -0.324 e. The van der Waals surface area contributed by atoms with Crippen LogP contribution in [0.2, 0.25) is 0 Å². The minimum atomic E-state index is -0.434. The van der Waals surface area contributed by atoms with E-state index in [1.807, 2.05) is 32.0 Å². The number of tetrazole rings is 1. The molecule has 0 aliphatic rings. The van der Waals surface area contributed by atoms with Crippen LogP contribution in [0.5, 0.6) is 0 Å². The predicted molar refractivity (Wildman–Crippen MR) is 87.8 cm³/mol. The fourth-order valence-corrected chi connectivity index (χ4v) is 2.33. The zero-order valence-electron chi connectivity index (χ0n) is 13.3. The van der Waals surface area contributed by atoms with Crippen LogP contribution in [0.1, 0.15) is 11.1 Å². The predicted octanol–water partition coefficient (Wildman–Crippen LogP) is 2.73. The van der Waals surface area contributed by atoms with E-state index < -0.39 is 5.82 Å². The van der Waals surface area contributed by atoms with Gasteiger partial charge in [-0.2, -0.15) is 4.80 Å². The maximum Gasteiger partial charge on any atom is 0.248 e. The molecule has 0 spiro atoms. The molecule has 0 bridgehead atoms. The smallest absolute Gasteiger partial charge is 0.248 e. The molecule has 122 valence electrons. The molecule has 0 saturated carbocycles. The number of hydrogen-bond acceptors (Lipinski definition) is 4. The van der Waals surface area contributed by atoms with Gasteiger partial charge in [0.15, 0.2) is 0 Å². The van der Waals surface area contributed by atoms with Crippen molar-refractivity contribution < 1.29 is 9.18 Å². The van der Waals surface area contributed by atoms with Gasteiger partial charge in [-0.15, -0.1) is 10.2 Å². The average Bonchev–Trinajstić information content (AvgIpc) is 2.99. The van der Waals surface area contributed by atoms with Crippen molar-refractivity contribution in [1.82, 2.24) is 20.2 Å². The van der Waals surface area contributed by atoms with Crippen LogP contribution in [-0.4, -0.2) is 26.1 Å². The summed E-state index contributed by atoms with van der Waals surface area (Å²) in [5.74, 6) is -0.566. The van der Waals surface area contributed by atoms with E-state index in [0.717, 1.165) is 21.6 Å². The molecule has 1 aromatic heterocycles. The van der Waals surface area contributed by atoms with Crippen LogP contribution in [-0.2, 0) is 11.3 Å². The summed E-state index contributed by atoms with van der Waals surface area (Å²) in [4.78, 5) is 13.3. The first kappa shape index (κ1) is 15.8. The van der Waals surface area contributed by atoms with Crippen molar-refractivity contribution in [3.63, 3.8) is 0 Å². The Morgan fingerprint density at radius 1 is 1.21 bits per heavy atom. The zero-order chi connectivity index (χ0) is 17.1. The van der Waals surface area contributed by atoms with Crippen LogP contribution >= 0.6 is 0 Å². The number of hydrogen-bond donors (Lipinski definition) is 1. The van der Waals surface area contributed by atoms with Crippen molar-refractivity contribution in [2.45, 2.75) is 20.4 Å². The summed E-state index contributed by atoms with van der Waals surface area (Å²) in [5, 5.41) is 14.5. The van der Waals surface area contributed by atoms with E-state index >= 15 is 0 Å². The number of aromatic nitrogens is 4. The maximum atomic E-state index is 13.7. The van der Waals surface area contributed by atoms with Gasteiger partial charge in [0.05, 0.1) is 5.56 Å². The summed E-state index contributed by atoms with van der Waals surface area (Å²) in [6.07, 6.45) is 0. The van der Waals surface area contributed by atoms with E-state index in [4.69, 9.17) is 0 Å². The molecule has 24 heavy (non-hydrogen) atoms. The van der Waals surface area contributed by atoms with Crippen molar-refractivity contribution in [2.75, 3.05) is 5.32 Å². The molecule has 1 amide bonds. The largest absolute Gasteiger partial charge is 0.324 e. The SMILES string of the molecule is Cc1ccc(NC(=O)Cn2nnc(-c3ccccc3F)n2)c(C)c1. The normalized spacial score (nSPS) is 10.6. The fraction of sp³-hybridized carbons (Fsp3) is 0.176. The third kappa shape index (κ3) is 3.45. The third-order valence-electron chi connectivity index (χ3n) is 3.51. The van der Waals surface area contributed by atoms with Crippen molar-refractivity contribution in [2.24, 2.45) is 0 Å². The third-order valence-corrected chi connectivity index (χ3v) is 3.51. The van der Waals surface area contributed by atoms with Gasteiger partial charge in [0.1, 0.15) is 12.4 Å². The lowest BCUT2D eigenvalue weighted by Crippen LogP contribution is -2.21. The lowest BCUT2D eigenvalue weighted by atomic mass is 10.1. The molecule has 3 rings (SSSR count). The number of halogens is 1. The summed E-state index contributed by atoms with van der Waals surface area (Å²) < 4.78 is 13.7. The molecular formula is C17H16FN5O. The molecule has 1 N–H and O–H groups in total. The van der Waals surface area contributed by atoms with E-state index in [1.54, 1.807) is 18.2 Å². The highest BCUT2D eigenvalue weighted by Crippen LogP contribution is 2.18. The number of aryl methyl sites for hydroxylation is 2.